The van der Waals surface area contributed by atoms with Crippen molar-refractivity contribution in [3.05, 3.63) is 46.6 Å². The van der Waals surface area contributed by atoms with Gasteiger partial charge in [-0.05, 0) is 167 Å². The van der Waals surface area contributed by atoms with Crippen LogP contribution in [-0.2, 0) is 38.2 Å². The number of carbonyl (C=O) groups excluding carboxylic acids is 6. The molecule has 0 spiro atoms. The molecular weight excluding hydrogens is 938 g/mol. The Morgan fingerprint density at radius 3 is 2.18 bits per heavy atom. The summed E-state index contributed by atoms with van der Waals surface area (Å²) < 4.78 is 29.0. The first kappa shape index (κ1) is 57.8. The van der Waals surface area contributed by atoms with Crippen LogP contribution in [0.2, 0.25) is 0 Å². The quantitative estimate of drug-likeness (QED) is 0.0856. The Bertz CT molecular complexity index is 2300. The monoisotopic (exact) mass is 1020 g/mol. The van der Waals surface area contributed by atoms with Gasteiger partial charge in [0.15, 0.2) is 28.6 Å². The van der Waals surface area contributed by atoms with Crippen molar-refractivity contribution in [3.8, 4) is 0 Å². The number of carbonyl (C=O) groups is 6. The number of carboxylic acid groups (broad SMARTS) is 1. The van der Waals surface area contributed by atoms with Gasteiger partial charge in [-0.15, -0.1) is 11.6 Å². The van der Waals surface area contributed by atoms with Crippen LogP contribution in [0.3, 0.4) is 0 Å². The predicted octanol–water partition coefficient (Wildman–Crippen LogP) is 6.04. The Labute approximate surface area is 448 Å². The van der Waals surface area contributed by atoms with E-state index in [4.69, 9.17) is 21.1 Å². The minimum absolute atomic E-state index is 0. The molecule has 8 aliphatic carbocycles. The third-order valence-electron chi connectivity index (χ3n) is 20.8. The Morgan fingerprint density at radius 1 is 0.901 bits per heavy atom. The number of hydrogen-bond donors (Lipinski definition) is 2. The van der Waals surface area contributed by atoms with E-state index in [9.17, 15) is 44.1 Å². The Hall–Kier alpha value is -2.48. The molecule has 0 unspecified atom stereocenters. The van der Waals surface area contributed by atoms with Crippen LogP contribution in [0, 0.1) is 68.5 Å². The molecule has 0 aromatic rings. The van der Waals surface area contributed by atoms with Crippen LogP contribution in [0.25, 0.3) is 0 Å². The number of allylic oxidation sites excluding steroid dienone is 6. The fourth-order valence-electron chi connectivity index (χ4n) is 17.4. The number of fused-ring (bicyclic) bond motifs is 10. The number of halogens is 2. The number of aliphatic carboxylic acids is 1. The number of ether oxygens (including phenoxy) is 2. The van der Waals surface area contributed by atoms with Crippen molar-refractivity contribution in [2.24, 2.45) is 68.5 Å². The summed E-state index contributed by atoms with van der Waals surface area (Å²) in [5.41, 5.74) is -4.04. The summed E-state index contributed by atoms with van der Waals surface area (Å²) in [7, 11) is 0. The van der Waals surface area contributed by atoms with Gasteiger partial charge in [-0.2, -0.15) is 0 Å². The van der Waals surface area contributed by atoms with Crippen molar-refractivity contribution >= 4 is 46.9 Å². The molecule has 7 saturated carbocycles. The number of carboxylic acids is 1. The number of Topliss-reactive ketones (excluding diaryl/α,β-unsaturated/α-hetero) is 2. The zero-order valence-corrected chi connectivity index (χ0v) is 47.3. The number of rotatable bonds is 10. The molecule has 0 aromatic carbocycles. The van der Waals surface area contributed by atoms with Crippen LogP contribution in [-0.4, -0.2) is 80.9 Å². The van der Waals surface area contributed by atoms with Crippen LogP contribution in [0.5, 0.6) is 0 Å². The molecule has 0 radical (unpaired) electrons. The third-order valence-corrected chi connectivity index (χ3v) is 21.0. The van der Waals surface area contributed by atoms with Gasteiger partial charge in [-0.3, -0.25) is 24.0 Å². The molecule has 11 nitrogen and oxygen atoms in total. The molecule has 7 fully saturated rings. The van der Waals surface area contributed by atoms with Crippen molar-refractivity contribution in [1.82, 2.24) is 0 Å². The SMILES string of the molecule is CC(=O)O[C@H]1C[C@@]2(C)[C@@H](C[C@@H](O)[C@H]3[C@@]4(C)CC[C@@H](O)[C@@H](C)[C@@H]4CC[C@@]32C)/C1=C(\CCC=C(C)C)C(=O)[O-].CCCC(=O)O[C@]1(C(=O)CCl)[C@@H](C)C[C@H]2[C@@H]3CCC4=CC(=O)C=C[C@]4(C)[C@@]3(F)C(=O)C[C@@]21C.[Na+]. The second-order valence-electron chi connectivity index (χ2n) is 24.4. The summed E-state index contributed by atoms with van der Waals surface area (Å²) in [6.07, 6.45) is 12.1. The van der Waals surface area contributed by atoms with Gasteiger partial charge < -0.3 is 29.6 Å². The molecule has 17 atom stereocenters. The predicted molar refractivity (Wildman–Crippen MR) is 261 cm³/mol. The number of hydrogen-bond acceptors (Lipinski definition) is 11. The van der Waals surface area contributed by atoms with E-state index in [1.807, 2.05) is 33.8 Å². The largest absolute Gasteiger partial charge is 1.00 e. The molecular formula is C57H79ClFNaO11. The topological polar surface area (TPSA) is 184 Å². The van der Waals surface area contributed by atoms with Crippen LogP contribution in [0.1, 0.15) is 166 Å². The van der Waals surface area contributed by atoms with Gasteiger partial charge in [0.1, 0.15) is 6.10 Å². The van der Waals surface area contributed by atoms with Crippen LogP contribution < -0.4 is 34.7 Å². The van der Waals surface area contributed by atoms with Crippen molar-refractivity contribution < 1.29 is 87.5 Å². The van der Waals surface area contributed by atoms with Gasteiger partial charge in [0.2, 0.25) is 0 Å². The normalized spacial score (nSPS) is 44.5. The number of aliphatic hydroxyl groups excluding tert-OH is 2. The van der Waals surface area contributed by atoms with Crippen molar-refractivity contribution in [3.63, 3.8) is 0 Å². The maximum Gasteiger partial charge on any atom is 1.00 e. The van der Waals surface area contributed by atoms with Gasteiger partial charge in [0.05, 0.1) is 24.1 Å². The number of esters is 2. The maximum absolute atomic E-state index is 17.1. The fourth-order valence-corrected chi connectivity index (χ4v) is 17.6. The number of aliphatic hydroxyl groups is 2. The smallest absolute Gasteiger partial charge is 0.545 e. The van der Waals surface area contributed by atoms with Crippen LogP contribution >= 0.6 is 11.6 Å². The summed E-state index contributed by atoms with van der Waals surface area (Å²) in [5, 5.41) is 35.0. The molecule has 8 rings (SSSR count). The molecule has 388 valence electrons. The van der Waals surface area contributed by atoms with Crippen molar-refractivity contribution in [2.45, 2.75) is 196 Å². The molecule has 0 amide bonds. The third kappa shape index (κ3) is 8.80. The van der Waals surface area contributed by atoms with Gasteiger partial charge >= 0.3 is 41.5 Å². The summed E-state index contributed by atoms with van der Waals surface area (Å²) in [6, 6.07) is 0. The summed E-state index contributed by atoms with van der Waals surface area (Å²) in [6.45, 7) is 21.5. The van der Waals surface area contributed by atoms with Gasteiger partial charge in [0.25, 0.3) is 0 Å². The van der Waals surface area contributed by atoms with E-state index >= 15 is 4.39 Å². The number of ketones is 3. The molecule has 71 heavy (non-hydrogen) atoms. The van der Waals surface area contributed by atoms with Crippen molar-refractivity contribution in [2.75, 3.05) is 5.88 Å². The standard InChI is InChI=1S/C31H48O6.C26H32ClFO5.Na/c1-17(2)9-8-10-20(28(35)36)26-22-15-24(34)27-29(5)13-12-23(33)18(3)21(29)11-14-30(27,6)31(22,7)16-25(26)37-19(4)32;1-5-6-22(32)33-26(21(31)14-27)15(2)11-19-18-8-7-16-12-17(29)9-10-23(16,3)25(18,28)20(30)13-24(19,26)4;/h9,18,21-25,27,33-34H,8,10-16H2,1-7H3,(H,35,36);9-10,12,15,18-19H,5-8,11,13-14H2,1-4H3;/q;;+1/p-1/b26-20-;;/t18-,21-,22-,23+,24+,25-,27-,29-,30-,31-;15-,18-,19-,23-,24-,25-,26-;/m00./s1. The first-order valence-corrected chi connectivity index (χ1v) is 26.7. The minimum Gasteiger partial charge on any atom is -0.545 e. The molecule has 0 bridgehead atoms. The molecule has 0 aromatic heterocycles. The molecule has 8 aliphatic rings. The first-order valence-electron chi connectivity index (χ1n) is 26.2. The van der Waals surface area contributed by atoms with E-state index < -0.39 is 75.6 Å². The molecule has 0 aliphatic heterocycles. The van der Waals surface area contributed by atoms with Gasteiger partial charge in [0, 0.05) is 42.4 Å². The van der Waals surface area contributed by atoms with Crippen molar-refractivity contribution in [1.29, 1.82) is 0 Å². The van der Waals surface area contributed by atoms with Gasteiger partial charge in [-0.25, -0.2) is 4.39 Å². The van der Waals surface area contributed by atoms with E-state index in [-0.39, 0.29) is 106 Å². The van der Waals surface area contributed by atoms with E-state index in [2.05, 4.69) is 27.7 Å². The number of alkyl halides is 2. The van der Waals surface area contributed by atoms with E-state index in [1.165, 1.54) is 19.1 Å². The molecule has 14 heteroatoms. The summed E-state index contributed by atoms with van der Waals surface area (Å²) >= 11 is 6.02. The maximum atomic E-state index is 17.1. The Kier molecular flexibility index (Phi) is 16.7. The summed E-state index contributed by atoms with van der Waals surface area (Å²) in [4.78, 5) is 76.4. The zero-order chi connectivity index (χ0) is 51.9. The van der Waals surface area contributed by atoms with Crippen LogP contribution in [0.4, 0.5) is 4.39 Å². The first-order chi connectivity index (χ1) is 32.6. The van der Waals surface area contributed by atoms with E-state index in [0.29, 0.717) is 68.4 Å². The fraction of sp³-hybridized carbons (Fsp3) is 0.754. The minimum atomic E-state index is -2.19. The van der Waals surface area contributed by atoms with Gasteiger partial charge in [-0.1, -0.05) is 71.8 Å². The molecule has 0 saturated heterocycles. The average molecular weight is 1020 g/mol. The van der Waals surface area contributed by atoms with E-state index in [0.717, 1.165) is 31.3 Å². The molecule has 2 N–H and O–H groups in total. The van der Waals surface area contributed by atoms with Crippen LogP contribution in [0.15, 0.2) is 46.6 Å². The molecule has 0 heterocycles. The summed E-state index contributed by atoms with van der Waals surface area (Å²) in [5.74, 6) is -4.70. The second-order valence-corrected chi connectivity index (χ2v) is 24.6. The Balaban J connectivity index is 0.000000231. The zero-order valence-electron chi connectivity index (χ0n) is 44.5. The Morgan fingerprint density at radius 2 is 1.58 bits per heavy atom. The average Bonchev–Trinajstić information content (AvgIpc) is 3.67. The van der Waals surface area contributed by atoms with E-state index in [1.54, 1.807) is 19.9 Å². The second kappa shape index (κ2) is 20.6.